The molecule has 1 fully saturated rings. The van der Waals surface area contributed by atoms with Gasteiger partial charge in [-0.1, -0.05) is 0 Å². The Balaban J connectivity index is 2.13. The van der Waals surface area contributed by atoms with Crippen molar-refractivity contribution >= 4 is 5.97 Å². The fourth-order valence-corrected chi connectivity index (χ4v) is 2.39. The molecule has 1 N–H and O–H groups in total. The second-order valence-electron chi connectivity index (χ2n) is 4.41. The standard InChI is InChI=1S/C12H17NO3/c1-8-4-3-7-13(8)9(2)10-5-6-11(16-10)12(14)15/h5-6,8-9H,3-4,7H2,1-2H3,(H,14,15). The van der Waals surface area contributed by atoms with E-state index in [-0.39, 0.29) is 11.8 Å². The van der Waals surface area contributed by atoms with Crippen LogP contribution in [0.15, 0.2) is 16.5 Å². The van der Waals surface area contributed by atoms with Gasteiger partial charge in [-0.15, -0.1) is 0 Å². The van der Waals surface area contributed by atoms with Gasteiger partial charge in [-0.2, -0.15) is 0 Å². The predicted octanol–water partition coefficient (Wildman–Crippen LogP) is 2.52. The quantitative estimate of drug-likeness (QED) is 0.855. The van der Waals surface area contributed by atoms with Crippen LogP contribution in [0.5, 0.6) is 0 Å². The van der Waals surface area contributed by atoms with Crippen LogP contribution in [-0.4, -0.2) is 28.6 Å². The maximum absolute atomic E-state index is 10.7. The molecule has 0 aliphatic carbocycles. The first-order valence-electron chi connectivity index (χ1n) is 5.68. The van der Waals surface area contributed by atoms with Gasteiger partial charge in [-0.3, -0.25) is 4.90 Å². The summed E-state index contributed by atoms with van der Waals surface area (Å²) < 4.78 is 5.33. The molecule has 0 aromatic carbocycles. The van der Waals surface area contributed by atoms with E-state index in [1.54, 1.807) is 6.07 Å². The third-order valence-corrected chi connectivity index (χ3v) is 3.35. The number of carboxylic acid groups (broad SMARTS) is 1. The largest absolute Gasteiger partial charge is 0.475 e. The number of carboxylic acids is 1. The lowest BCUT2D eigenvalue weighted by Gasteiger charge is -2.26. The number of hydrogen-bond acceptors (Lipinski definition) is 3. The van der Waals surface area contributed by atoms with Crippen molar-refractivity contribution < 1.29 is 14.3 Å². The molecule has 0 saturated carbocycles. The highest BCUT2D eigenvalue weighted by molar-refractivity contribution is 5.84. The summed E-state index contributed by atoms with van der Waals surface area (Å²) in [4.78, 5) is 13.1. The summed E-state index contributed by atoms with van der Waals surface area (Å²) in [5, 5.41) is 8.79. The number of rotatable bonds is 3. The number of carbonyl (C=O) groups is 1. The Hall–Kier alpha value is -1.29. The van der Waals surface area contributed by atoms with Gasteiger partial charge in [0.2, 0.25) is 5.76 Å². The van der Waals surface area contributed by atoms with Crippen LogP contribution in [0.25, 0.3) is 0 Å². The molecular weight excluding hydrogens is 206 g/mol. The molecule has 1 aromatic heterocycles. The molecule has 0 amide bonds. The van der Waals surface area contributed by atoms with Crippen LogP contribution in [0.2, 0.25) is 0 Å². The summed E-state index contributed by atoms with van der Waals surface area (Å²) in [5.41, 5.74) is 0. The number of hydrogen-bond donors (Lipinski definition) is 1. The summed E-state index contributed by atoms with van der Waals surface area (Å²) in [5.74, 6) is -0.243. The van der Waals surface area contributed by atoms with E-state index in [2.05, 4.69) is 18.7 Å². The number of furan rings is 1. The molecular formula is C12H17NO3. The molecule has 2 heterocycles. The van der Waals surface area contributed by atoms with Gasteiger partial charge in [-0.05, 0) is 45.4 Å². The maximum Gasteiger partial charge on any atom is 0.371 e. The number of likely N-dealkylation sites (tertiary alicyclic amines) is 1. The zero-order valence-electron chi connectivity index (χ0n) is 9.64. The van der Waals surface area contributed by atoms with Crippen molar-refractivity contribution in [1.82, 2.24) is 4.90 Å². The van der Waals surface area contributed by atoms with Crippen molar-refractivity contribution in [3.05, 3.63) is 23.7 Å². The Morgan fingerprint density at radius 3 is 2.88 bits per heavy atom. The molecule has 2 unspecified atom stereocenters. The van der Waals surface area contributed by atoms with Crippen molar-refractivity contribution in [2.24, 2.45) is 0 Å². The minimum absolute atomic E-state index is 0.0219. The smallest absolute Gasteiger partial charge is 0.371 e. The fourth-order valence-electron chi connectivity index (χ4n) is 2.39. The van der Waals surface area contributed by atoms with E-state index in [1.165, 1.54) is 18.9 Å². The number of aromatic carboxylic acids is 1. The molecule has 2 atom stereocenters. The van der Waals surface area contributed by atoms with Crippen LogP contribution in [-0.2, 0) is 0 Å². The van der Waals surface area contributed by atoms with Crippen LogP contribution >= 0.6 is 0 Å². The Morgan fingerprint density at radius 1 is 1.62 bits per heavy atom. The van der Waals surface area contributed by atoms with E-state index in [9.17, 15) is 4.79 Å². The third-order valence-electron chi connectivity index (χ3n) is 3.35. The summed E-state index contributed by atoms with van der Waals surface area (Å²) in [6.45, 7) is 5.32. The minimum atomic E-state index is -1.01. The first-order chi connectivity index (χ1) is 7.59. The zero-order chi connectivity index (χ0) is 11.7. The Morgan fingerprint density at radius 2 is 2.38 bits per heavy atom. The average molecular weight is 223 g/mol. The first kappa shape index (κ1) is 11.2. The minimum Gasteiger partial charge on any atom is -0.475 e. The van der Waals surface area contributed by atoms with E-state index in [4.69, 9.17) is 9.52 Å². The SMILES string of the molecule is CC1CCCN1C(C)c1ccc(C(=O)O)o1. The van der Waals surface area contributed by atoms with Gasteiger partial charge in [0.25, 0.3) is 0 Å². The summed E-state index contributed by atoms with van der Waals surface area (Å²) in [7, 11) is 0. The molecule has 16 heavy (non-hydrogen) atoms. The fraction of sp³-hybridized carbons (Fsp3) is 0.583. The van der Waals surface area contributed by atoms with Crippen LogP contribution in [0.1, 0.15) is 49.0 Å². The van der Waals surface area contributed by atoms with Crippen molar-refractivity contribution in [2.75, 3.05) is 6.54 Å². The second-order valence-corrected chi connectivity index (χ2v) is 4.41. The van der Waals surface area contributed by atoms with Gasteiger partial charge < -0.3 is 9.52 Å². The van der Waals surface area contributed by atoms with Crippen molar-refractivity contribution in [2.45, 2.75) is 38.8 Å². The summed E-state index contributed by atoms with van der Waals surface area (Å²) in [6.07, 6.45) is 2.41. The van der Waals surface area contributed by atoms with Gasteiger partial charge in [0.15, 0.2) is 0 Å². The molecule has 0 radical (unpaired) electrons. The van der Waals surface area contributed by atoms with E-state index in [0.717, 1.165) is 12.3 Å². The predicted molar refractivity (Wildman–Crippen MR) is 59.5 cm³/mol. The molecule has 0 bridgehead atoms. The molecule has 0 spiro atoms. The van der Waals surface area contributed by atoms with Gasteiger partial charge >= 0.3 is 5.97 Å². The van der Waals surface area contributed by atoms with Gasteiger partial charge in [0.1, 0.15) is 5.76 Å². The summed E-state index contributed by atoms with van der Waals surface area (Å²) >= 11 is 0. The molecule has 1 aliphatic heterocycles. The summed E-state index contributed by atoms with van der Waals surface area (Å²) in [6, 6.07) is 3.99. The van der Waals surface area contributed by atoms with Gasteiger partial charge in [0.05, 0.1) is 6.04 Å². The number of nitrogens with zero attached hydrogens (tertiary/aromatic N) is 1. The average Bonchev–Trinajstić information content (AvgIpc) is 2.84. The van der Waals surface area contributed by atoms with Crippen LogP contribution in [0.3, 0.4) is 0 Å². The highest BCUT2D eigenvalue weighted by Gasteiger charge is 2.27. The highest BCUT2D eigenvalue weighted by atomic mass is 16.4. The lowest BCUT2D eigenvalue weighted by atomic mass is 10.2. The van der Waals surface area contributed by atoms with Crippen molar-refractivity contribution in [3.63, 3.8) is 0 Å². The molecule has 1 saturated heterocycles. The van der Waals surface area contributed by atoms with Crippen LogP contribution in [0, 0.1) is 0 Å². The Bertz CT molecular complexity index is 385. The topological polar surface area (TPSA) is 53.7 Å². The van der Waals surface area contributed by atoms with Gasteiger partial charge in [0, 0.05) is 6.04 Å². The third kappa shape index (κ3) is 1.97. The van der Waals surface area contributed by atoms with Crippen LogP contribution in [0.4, 0.5) is 0 Å². The normalized spacial score (nSPS) is 23.5. The van der Waals surface area contributed by atoms with E-state index in [0.29, 0.717) is 6.04 Å². The van der Waals surface area contributed by atoms with Crippen molar-refractivity contribution in [3.8, 4) is 0 Å². The maximum atomic E-state index is 10.7. The van der Waals surface area contributed by atoms with Crippen molar-refractivity contribution in [1.29, 1.82) is 0 Å². The van der Waals surface area contributed by atoms with Gasteiger partial charge in [-0.25, -0.2) is 4.79 Å². The molecule has 88 valence electrons. The van der Waals surface area contributed by atoms with E-state index in [1.807, 2.05) is 0 Å². The lowest BCUT2D eigenvalue weighted by Crippen LogP contribution is -2.29. The lowest BCUT2D eigenvalue weighted by molar-refractivity contribution is 0.0655. The Labute approximate surface area is 94.9 Å². The molecule has 4 nitrogen and oxygen atoms in total. The molecule has 4 heteroatoms. The second kappa shape index (κ2) is 4.29. The molecule has 2 rings (SSSR count). The Kier molecular flexibility index (Phi) is 3.01. The molecule has 1 aromatic rings. The zero-order valence-corrected chi connectivity index (χ0v) is 9.64. The van der Waals surface area contributed by atoms with Crippen LogP contribution < -0.4 is 0 Å². The highest BCUT2D eigenvalue weighted by Crippen LogP contribution is 2.29. The monoisotopic (exact) mass is 223 g/mol. The molecule has 1 aliphatic rings. The first-order valence-corrected chi connectivity index (χ1v) is 5.68. The van der Waals surface area contributed by atoms with E-state index >= 15 is 0 Å². The van der Waals surface area contributed by atoms with E-state index < -0.39 is 5.97 Å².